The molecule has 1 aromatic carbocycles. The van der Waals surface area contributed by atoms with Crippen LogP contribution in [0.25, 0.3) is 0 Å². The molecule has 0 spiro atoms. The first kappa shape index (κ1) is 20.6. The van der Waals surface area contributed by atoms with Crippen LogP contribution in [0.4, 0.5) is 9.18 Å². The molecule has 1 fully saturated rings. The fourth-order valence-corrected chi connectivity index (χ4v) is 3.55. The number of halogens is 1. The van der Waals surface area contributed by atoms with Gasteiger partial charge in [0.05, 0.1) is 4.90 Å². The molecular weight excluding hydrogens is 361 g/mol. The molecule has 1 amide bonds. The number of amides is 1. The third-order valence-corrected chi connectivity index (χ3v) is 5.61. The standard InChI is InChI=1S/C17H26FN3O4S/c1-26(24,25)15-4-3-13(16(18)11-15)12-19-7-2-8-20-14-5-9-21(10-6-14)17(22)23/h3-4,11,14,19-20H,2,5-10,12H2,1H3,(H,22,23). The molecule has 0 bridgehead atoms. The van der Waals surface area contributed by atoms with Crippen LogP contribution in [0.1, 0.15) is 24.8 Å². The van der Waals surface area contributed by atoms with Crippen molar-refractivity contribution in [3.05, 3.63) is 29.6 Å². The summed E-state index contributed by atoms with van der Waals surface area (Å²) in [4.78, 5) is 12.3. The number of sulfone groups is 1. The molecule has 7 nitrogen and oxygen atoms in total. The lowest BCUT2D eigenvalue weighted by Crippen LogP contribution is -2.44. The SMILES string of the molecule is CS(=O)(=O)c1ccc(CNCCCNC2CCN(C(=O)O)CC2)c(F)c1. The number of piperidine rings is 1. The zero-order valence-electron chi connectivity index (χ0n) is 14.9. The number of benzene rings is 1. The van der Waals surface area contributed by atoms with Gasteiger partial charge in [0, 0.05) is 37.5 Å². The van der Waals surface area contributed by atoms with E-state index in [1.165, 1.54) is 17.0 Å². The summed E-state index contributed by atoms with van der Waals surface area (Å²) in [5.41, 5.74) is 0.436. The maximum absolute atomic E-state index is 13.9. The molecule has 9 heteroatoms. The zero-order valence-corrected chi connectivity index (χ0v) is 15.7. The molecule has 1 saturated heterocycles. The Morgan fingerprint density at radius 3 is 2.58 bits per heavy atom. The number of hydrogen-bond donors (Lipinski definition) is 3. The first-order valence-electron chi connectivity index (χ1n) is 8.68. The topological polar surface area (TPSA) is 98.7 Å². The second kappa shape index (κ2) is 9.29. The maximum atomic E-state index is 13.9. The fraction of sp³-hybridized carbons (Fsp3) is 0.588. The van der Waals surface area contributed by atoms with Crippen molar-refractivity contribution in [1.29, 1.82) is 0 Å². The first-order valence-corrected chi connectivity index (χ1v) is 10.6. The Morgan fingerprint density at radius 2 is 2.00 bits per heavy atom. The van der Waals surface area contributed by atoms with Crippen LogP contribution in [-0.4, -0.2) is 63.0 Å². The molecule has 146 valence electrons. The van der Waals surface area contributed by atoms with E-state index in [9.17, 15) is 17.6 Å². The minimum Gasteiger partial charge on any atom is -0.465 e. The van der Waals surface area contributed by atoms with Crippen LogP contribution >= 0.6 is 0 Å². The molecule has 0 saturated carbocycles. The second-order valence-electron chi connectivity index (χ2n) is 6.55. The summed E-state index contributed by atoms with van der Waals surface area (Å²) in [6.45, 7) is 2.98. The Hall–Kier alpha value is -1.71. The van der Waals surface area contributed by atoms with Crippen molar-refractivity contribution in [3.8, 4) is 0 Å². The van der Waals surface area contributed by atoms with Crippen molar-refractivity contribution in [2.24, 2.45) is 0 Å². The van der Waals surface area contributed by atoms with Crippen LogP contribution in [0, 0.1) is 5.82 Å². The van der Waals surface area contributed by atoms with Gasteiger partial charge in [-0.2, -0.15) is 0 Å². The first-order chi connectivity index (χ1) is 12.3. The summed E-state index contributed by atoms with van der Waals surface area (Å²) < 4.78 is 36.7. The normalized spacial score (nSPS) is 16.0. The lowest BCUT2D eigenvalue weighted by Gasteiger charge is -2.30. The number of rotatable bonds is 8. The maximum Gasteiger partial charge on any atom is 0.407 e. The van der Waals surface area contributed by atoms with E-state index in [1.807, 2.05) is 0 Å². The number of nitrogens with zero attached hydrogens (tertiary/aromatic N) is 1. The number of carbonyl (C=O) groups is 1. The second-order valence-corrected chi connectivity index (χ2v) is 8.57. The van der Waals surface area contributed by atoms with Crippen LogP contribution in [0.5, 0.6) is 0 Å². The highest BCUT2D eigenvalue weighted by molar-refractivity contribution is 7.90. The Kier molecular flexibility index (Phi) is 7.36. The Labute approximate surface area is 153 Å². The minimum atomic E-state index is -3.40. The molecule has 1 heterocycles. The van der Waals surface area contributed by atoms with E-state index in [4.69, 9.17) is 5.11 Å². The Morgan fingerprint density at radius 1 is 1.31 bits per heavy atom. The summed E-state index contributed by atoms with van der Waals surface area (Å²) in [5.74, 6) is -0.524. The molecular formula is C17H26FN3O4S. The van der Waals surface area contributed by atoms with E-state index in [0.29, 0.717) is 37.8 Å². The van der Waals surface area contributed by atoms with Gasteiger partial charge in [0.1, 0.15) is 5.82 Å². The molecule has 0 radical (unpaired) electrons. The quantitative estimate of drug-likeness (QED) is 0.584. The van der Waals surface area contributed by atoms with E-state index in [-0.39, 0.29) is 4.90 Å². The number of hydrogen-bond acceptors (Lipinski definition) is 5. The van der Waals surface area contributed by atoms with Gasteiger partial charge in [0.25, 0.3) is 0 Å². The average Bonchev–Trinajstić information content (AvgIpc) is 2.58. The fourth-order valence-electron chi connectivity index (χ4n) is 2.92. The van der Waals surface area contributed by atoms with E-state index >= 15 is 0 Å². The van der Waals surface area contributed by atoms with Crippen molar-refractivity contribution in [3.63, 3.8) is 0 Å². The molecule has 2 rings (SSSR count). The molecule has 0 atom stereocenters. The smallest absolute Gasteiger partial charge is 0.407 e. The van der Waals surface area contributed by atoms with Gasteiger partial charge in [0.2, 0.25) is 0 Å². The van der Waals surface area contributed by atoms with Gasteiger partial charge in [-0.15, -0.1) is 0 Å². The molecule has 0 aromatic heterocycles. The van der Waals surface area contributed by atoms with Gasteiger partial charge in [0.15, 0.2) is 9.84 Å². The van der Waals surface area contributed by atoms with Crippen LogP contribution in [0.2, 0.25) is 0 Å². The number of nitrogens with one attached hydrogen (secondary N) is 2. The van der Waals surface area contributed by atoms with Gasteiger partial charge in [-0.05, 0) is 44.5 Å². The highest BCUT2D eigenvalue weighted by Crippen LogP contribution is 2.15. The Bertz CT molecular complexity index is 719. The molecule has 0 unspecified atom stereocenters. The molecule has 1 aliphatic heterocycles. The van der Waals surface area contributed by atoms with Crippen LogP contribution in [0.3, 0.4) is 0 Å². The predicted octanol–water partition coefficient (Wildman–Crippen LogP) is 1.44. The minimum absolute atomic E-state index is 0.0168. The van der Waals surface area contributed by atoms with Gasteiger partial charge in [-0.25, -0.2) is 17.6 Å². The lowest BCUT2D eigenvalue weighted by atomic mass is 10.1. The van der Waals surface area contributed by atoms with E-state index < -0.39 is 21.7 Å². The summed E-state index contributed by atoms with van der Waals surface area (Å²) in [5, 5.41) is 15.5. The molecule has 3 N–H and O–H groups in total. The summed E-state index contributed by atoms with van der Waals surface area (Å²) in [7, 11) is -3.40. The average molecular weight is 387 g/mol. The van der Waals surface area contributed by atoms with Crippen LogP contribution < -0.4 is 10.6 Å². The summed E-state index contributed by atoms with van der Waals surface area (Å²) in [6.07, 6.45) is 2.69. The molecule has 0 aliphatic carbocycles. The van der Waals surface area contributed by atoms with Crippen molar-refractivity contribution in [2.45, 2.75) is 36.7 Å². The summed E-state index contributed by atoms with van der Waals surface area (Å²) in [6, 6.07) is 4.30. The van der Waals surface area contributed by atoms with E-state index in [2.05, 4.69) is 10.6 Å². The van der Waals surface area contributed by atoms with Gasteiger partial charge in [-0.1, -0.05) is 6.07 Å². The van der Waals surface area contributed by atoms with Crippen molar-refractivity contribution in [1.82, 2.24) is 15.5 Å². The van der Waals surface area contributed by atoms with Crippen molar-refractivity contribution in [2.75, 3.05) is 32.4 Å². The van der Waals surface area contributed by atoms with Crippen molar-refractivity contribution >= 4 is 15.9 Å². The van der Waals surface area contributed by atoms with E-state index in [1.54, 1.807) is 0 Å². The predicted molar refractivity (Wildman–Crippen MR) is 96.5 cm³/mol. The van der Waals surface area contributed by atoms with Crippen LogP contribution in [-0.2, 0) is 16.4 Å². The van der Waals surface area contributed by atoms with Gasteiger partial charge >= 0.3 is 6.09 Å². The van der Waals surface area contributed by atoms with Crippen molar-refractivity contribution < 1.29 is 22.7 Å². The van der Waals surface area contributed by atoms with Gasteiger partial charge in [-0.3, -0.25) is 0 Å². The van der Waals surface area contributed by atoms with E-state index in [0.717, 1.165) is 38.1 Å². The Balaban J connectivity index is 1.62. The molecule has 26 heavy (non-hydrogen) atoms. The zero-order chi connectivity index (χ0) is 19.2. The lowest BCUT2D eigenvalue weighted by molar-refractivity contribution is 0.129. The number of carboxylic acid groups (broad SMARTS) is 1. The highest BCUT2D eigenvalue weighted by atomic mass is 32.2. The molecule has 1 aromatic rings. The monoisotopic (exact) mass is 387 g/mol. The number of likely N-dealkylation sites (tertiary alicyclic amines) is 1. The largest absolute Gasteiger partial charge is 0.465 e. The van der Waals surface area contributed by atoms with Gasteiger partial charge < -0.3 is 20.6 Å². The highest BCUT2D eigenvalue weighted by Gasteiger charge is 2.21. The third kappa shape index (κ3) is 6.22. The third-order valence-electron chi connectivity index (χ3n) is 4.50. The van der Waals surface area contributed by atoms with Crippen LogP contribution in [0.15, 0.2) is 23.1 Å². The molecule has 1 aliphatic rings. The summed E-state index contributed by atoms with van der Waals surface area (Å²) >= 11 is 0.